The van der Waals surface area contributed by atoms with Gasteiger partial charge in [0, 0.05) is 12.0 Å². The molecule has 5 nitrogen and oxygen atoms in total. The van der Waals surface area contributed by atoms with Crippen molar-refractivity contribution in [1.82, 2.24) is 5.32 Å². The van der Waals surface area contributed by atoms with Gasteiger partial charge in [0.1, 0.15) is 5.84 Å². The van der Waals surface area contributed by atoms with Gasteiger partial charge in [-0.3, -0.25) is 0 Å². The van der Waals surface area contributed by atoms with E-state index < -0.39 is 5.60 Å². The fourth-order valence-corrected chi connectivity index (χ4v) is 1.74. The molecule has 0 unspecified atom stereocenters. The average Bonchev–Trinajstić information content (AvgIpc) is 2.36. The normalized spacial score (nSPS) is 13.9. The third-order valence-corrected chi connectivity index (χ3v) is 3.73. The smallest absolute Gasteiger partial charge is 0.144 e. The van der Waals surface area contributed by atoms with Gasteiger partial charge in [-0.1, -0.05) is 32.9 Å². The molecule has 0 amide bonds. The van der Waals surface area contributed by atoms with Gasteiger partial charge in [0.15, 0.2) is 0 Å². The Kier molecular flexibility index (Phi) is 7.25. The van der Waals surface area contributed by atoms with Crippen LogP contribution in [0.2, 0.25) is 0 Å². The lowest BCUT2D eigenvalue weighted by Crippen LogP contribution is -2.40. The van der Waals surface area contributed by atoms with Crippen LogP contribution in [0.1, 0.15) is 53.4 Å². The van der Waals surface area contributed by atoms with Crippen LogP contribution in [0.25, 0.3) is 0 Å². The van der Waals surface area contributed by atoms with Gasteiger partial charge in [-0.05, 0) is 32.2 Å². The second-order valence-electron chi connectivity index (χ2n) is 5.58. The lowest BCUT2D eigenvalue weighted by Gasteiger charge is -2.26. The van der Waals surface area contributed by atoms with Crippen molar-refractivity contribution >= 4 is 5.84 Å². The first kappa shape index (κ1) is 17.2. The Morgan fingerprint density at radius 3 is 2.28 bits per heavy atom. The van der Waals surface area contributed by atoms with Gasteiger partial charge in [-0.15, -0.1) is 0 Å². The molecule has 0 rings (SSSR count). The van der Waals surface area contributed by atoms with Crippen LogP contribution in [0.3, 0.4) is 0 Å². The molecule has 0 bridgehead atoms. The molecule has 0 saturated heterocycles. The molecule has 0 radical (unpaired) electrons. The number of amidine groups is 1. The molecule has 0 aromatic rings. The van der Waals surface area contributed by atoms with Crippen LogP contribution in [-0.2, 0) is 0 Å². The van der Waals surface area contributed by atoms with Gasteiger partial charge >= 0.3 is 0 Å². The highest BCUT2D eigenvalue weighted by Gasteiger charge is 2.24. The summed E-state index contributed by atoms with van der Waals surface area (Å²) in [6.45, 7) is 9.33. The summed E-state index contributed by atoms with van der Waals surface area (Å²) in [6.07, 6.45) is 3.28. The molecule has 0 saturated carbocycles. The maximum Gasteiger partial charge on any atom is 0.144 e. The molecular weight excluding hydrogens is 230 g/mol. The van der Waals surface area contributed by atoms with Crippen molar-refractivity contribution in [3.63, 3.8) is 0 Å². The van der Waals surface area contributed by atoms with Crippen molar-refractivity contribution in [2.45, 2.75) is 59.0 Å². The molecule has 0 heterocycles. The lowest BCUT2D eigenvalue weighted by molar-refractivity contribution is 0.0326. The summed E-state index contributed by atoms with van der Waals surface area (Å²) in [5.74, 6) is 0.265. The number of hydrogen-bond donors (Lipinski definition) is 4. The van der Waals surface area contributed by atoms with E-state index in [1.807, 2.05) is 27.7 Å². The molecule has 0 aromatic carbocycles. The molecule has 5 heteroatoms. The molecule has 18 heavy (non-hydrogen) atoms. The Labute approximate surface area is 110 Å². The van der Waals surface area contributed by atoms with Gasteiger partial charge in [0.05, 0.1) is 5.60 Å². The molecule has 0 aliphatic carbocycles. The molecule has 0 spiro atoms. The maximum atomic E-state index is 10.1. The van der Waals surface area contributed by atoms with Crippen molar-refractivity contribution in [3.8, 4) is 0 Å². The zero-order valence-electron chi connectivity index (χ0n) is 12.2. The van der Waals surface area contributed by atoms with Gasteiger partial charge in [0.2, 0.25) is 0 Å². The number of nitrogens with one attached hydrogen (secondary N) is 1. The highest BCUT2D eigenvalue weighted by Crippen LogP contribution is 2.22. The van der Waals surface area contributed by atoms with Crippen LogP contribution in [0, 0.1) is 5.41 Å². The predicted octanol–water partition coefficient (Wildman–Crippen LogP) is 1.68. The molecule has 0 aliphatic heterocycles. The molecule has 0 aromatic heterocycles. The molecule has 0 aliphatic rings. The van der Waals surface area contributed by atoms with Gasteiger partial charge in [0.25, 0.3) is 0 Å². The van der Waals surface area contributed by atoms with Crippen molar-refractivity contribution in [2.24, 2.45) is 16.3 Å². The Morgan fingerprint density at radius 2 is 1.83 bits per heavy atom. The quantitative estimate of drug-likeness (QED) is 0.167. The third kappa shape index (κ3) is 5.69. The van der Waals surface area contributed by atoms with Crippen LogP contribution in [0.4, 0.5) is 0 Å². The minimum absolute atomic E-state index is 0.265. The maximum absolute atomic E-state index is 10.1. The largest absolute Gasteiger partial charge is 0.409 e. The van der Waals surface area contributed by atoms with Gasteiger partial charge in [-0.25, -0.2) is 0 Å². The zero-order chi connectivity index (χ0) is 14.2. The van der Waals surface area contributed by atoms with Gasteiger partial charge in [-0.2, -0.15) is 0 Å². The molecule has 5 N–H and O–H groups in total. The van der Waals surface area contributed by atoms with Crippen molar-refractivity contribution in [3.05, 3.63) is 0 Å². The molecule has 0 atom stereocenters. The topological polar surface area (TPSA) is 90.9 Å². The zero-order valence-corrected chi connectivity index (χ0v) is 12.2. The number of aliphatic hydroxyl groups is 1. The standard InChI is InChI=1S/C13H29N3O2/c1-5-13(17,6-2)10-15-9-7-8-12(3,4)11(14)16-18/h15,17-18H,5-10H2,1-4H3,(H2,14,16). The van der Waals surface area contributed by atoms with Crippen LogP contribution in [0.15, 0.2) is 5.16 Å². The second kappa shape index (κ2) is 7.59. The lowest BCUT2D eigenvalue weighted by atomic mass is 9.86. The molecular formula is C13H29N3O2. The van der Waals surface area contributed by atoms with Crippen LogP contribution < -0.4 is 11.1 Å². The molecule has 0 fully saturated rings. The minimum Gasteiger partial charge on any atom is -0.409 e. The Bertz CT molecular complexity index is 261. The fourth-order valence-electron chi connectivity index (χ4n) is 1.74. The van der Waals surface area contributed by atoms with E-state index in [2.05, 4.69) is 10.5 Å². The summed E-state index contributed by atoms with van der Waals surface area (Å²) in [6, 6.07) is 0. The summed E-state index contributed by atoms with van der Waals surface area (Å²) in [5.41, 5.74) is 4.73. The van der Waals surface area contributed by atoms with Crippen LogP contribution in [0.5, 0.6) is 0 Å². The first-order chi connectivity index (χ1) is 8.31. The van der Waals surface area contributed by atoms with Crippen molar-refractivity contribution < 1.29 is 10.3 Å². The highest BCUT2D eigenvalue weighted by molar-refractivity contribution is 5.85. The summed E-state index contributed by atoms with van der Waals surface area (Å²) < 4.78 is 0. The van der Waals surface area contributed by atoms with E-state index in [9.17, 15) is 5.11 Å². The predicted molar refractivity (Wildman–Crippen MR) is 74.8 cm³/mol. The first-order valence-corrected chi connectivity index (χ1v) is 6.72. The van der Waals surface area contributed by atoms with E-state index in [0.29, 0.717) is 6.54 Å². The van der Waals surface area contributed by atoms with Crippen molar-refractivity contribution in [2.75, 3.05) is 13.1 Å². The Hall–Kier alpha value is -0.810. The van der Waals surface area contributed by atoms with Crippen molar-refractivity contribution in [1.29, 1.82) is 0 Å². The molecule has 108 valence electrons. The van der Waals surface area contributed by atoms with E-state index >= 15 is 0 Å². The van der Waals surface area contributed by atoms with Crippen LogP contribution >= 0.6 is 0 Å². The average molecular weight is 259 g/mol. The Balaban J connectivity index is 3.88. The van der Waals surface area contributed by atoms with Gasteiger partial charge < -0.3 is 21.4 Å². The number of nitrogens with zero attached hydrogens (tertiary/aromatic N) is 1. The first-order valence-electron chi connectivity index (χ1n) is 6.72. The summed E-state index contributed by atoms with van der Waals surface area (Å²) in [7, 11) is 0. The third-order valence-electron chi connectivity index (χ3n) is 3.73. The summed E-state index contributed by atoms with van der Waals surface area (Å²) in [5, 5.41) is 25.1. The van der Waals surface area contributed by atoms with Crippen LogP contribution in [-0.4, -0.2) is 34.8 Å². The Morgan fingerprint density at radius 1 is 1.28 bits per heavy atom. The van der Waals surface area contributed by atoms with E-state index in [4.69, 9.17) is 10.9 Å². The number of nitrogens with two attached hydrogens (primary N) is 1. The second-order valence-corrected chi connectivity index (χ2v) is 5.58. The summed E-state index contributed by atoms with van der Waals surface area (Å²) >= 11 is 0. The fraction of sp³-hybridized carbons (Fsp3) is 0.923. The van der Waals surface area contributed by atoms with E-state index in [1.54, 1.807) is 0 Å². The SMILES string of the molecule is CCC(O)(CC)CNCCCC(C)(C)C(N)=NO. The van der Waals surface area contributed by atoms with E-state index in [0.717, 1.165) is 32.2 Å². The number of hydrogen-bond acceptors (Lipinski definition) is 4. The minimum atomic E-state index is -0.596. The summed E-state index contributed by atoms with van der Waals surface area (Å²) in [4.78, 5) is 0. The number of oxime groups is 1. The van der Waals surface area contributed by atoms with E-state index in [-0.39, 0.29) is 11.3 Å². The monoisotopic (exact) mass is 259 g/mol. The highest BCUT2D eigenvalue weighted by atomic mass is 16.4. The van der Waals surface area contributed by atoms with E-state index in [1.165, 1.54) is 0 Å². The number of rotatable bonds is 9.